The lowest BCUT2D eigenvalue weighted by Gasteiger charge is -2.22. The van der Waals surface area contributed by atoms with E-state index in [2.05, 4.69) is 21.1 Å². The minimum Gasteiger partial charge on any atom is -1.00 e. The summed E-state index contributed by atoms with van der Waals surface area (Å²) in [6.45, 7) is 2.13. The van der Waals surface area contributed by atoms with E-state index < -0.39 is 0 Å². The van der Waals surface area contributed by atoms with Crippen LogP contribution in [-0.2, 0) is 4.74 Å². The molecule has 72 valence electrons. The molecule has 0 spiro atoms. The lowest BCUT2D eigenvalue weighted by Crippen LogP contribution is -3.00. The van der Waals surface area contributed by atoms with Gasteiger partial charge in [-0.25, -0.2) is 0 Å². The third-order valence-electron chi connectivity index (χ3n) is 1.15. The van der Waals surface area contributed by atoms with Crippen molar-refractivity contribution < 1.29 is 33.2 Å². The number of halogens is 2. The van der Waals surface area contributed by atoms with Crippen LogP contribution in [0.2, 0.25) is 0 Å². The predicted octanol–water partition coefficient (Wildman–Crippen LogP) is -2.12. The fourth-order valence-electron chi connectivity index (χ4n) is 0.784. The SMILES string of the molecule is C[N+](C)(C)CC1CO1.I.N.[I-]. The average molecular weight is 388 g/mol. The summed E-state index contributed by atoms with van der Waals surface area (Å²) in [5, 5.41) is 0. The number of epoxide rings is 1. The van der Waals surface area contributed by atoms with Gasteiger partial charge in [0, 0.05) is 0 Å². The van der Waals surface area contributed by atoms with Gasteiger partial charge in [-0.3, -0.25) is 0 Å². The summed E-state index contributed by atoms with van der Waals surface area (Å²) in [5.41, 5.74) is 0. The van der Waals surface area contributed by atoms with Crippen LogP contribution in [0.5, 0.6) is 0 Å². The van der Waals surface area contributed by atoms with Gasteiger partial charge in [0.25, 0.3) is 0 Å². The maximum absolute atomic E-state index is 5.07. The molecule has 0 saturated carbocycles. The van der Waals surface area contributed by atoms with Crippen molar-refractivity contribution in [2.75, 3.05) is 34.3 Å². The molecule has 0 radical (unpaired) electrons. The highest BCUT2D eigenvalue weighted by molar-refractivity contribution is 14.0. The Labute approximate surface area is 103 Å². The minimum atomic E-state index is 0. The van der Waals surface area contributed by atoms with Gasteiger partial charge in [0.1, 0.15) is 12.6 Å². The van der Waals surface area contributed by atoms with Gasteiger partial charge >= 0.3 is 0 Å². The largest absolute Gasteiger partial charge is 1.00 e. The summed E-state index contributed by atoms with van der Waals surface area (Å²) in [7, 11) is 6.55. The Morgan fingerprint density at radius 1 is 1.36 bits per heavy atom. The number of hydrogen-bond donors (Lipinski definition) is 1. The van der Waals surface area contributed by atoms with Crippen LogP contribution < -0.4 is 30.1 Å². The highest BCUT2D eigenvalue weighted by Crippen LogP contribution is 2.11. The van der Waals surface area contributed by atoms with Crippen molar-refractivity contribution in [3.8, 4) is 0 Å². The van der Waals surface area contributed by atoms with Gasteiger partial charge in [0.15, 0.2) is 0 Å². The molecule has 0 bridgehead atoms. The molecule has 1 rings (SSSR count). The third kappa shape index (κ3) is 11.3. The van der Waals surface area contributed by atoms with E-state index in [0.717, 1.165) is 17.6 Å². The van der Waals surface area contributed by atoms with Gasteiger partial charge in [-0.2, -0.15) is 0 Å². The number of hydrogen-bond acceptors (Lipinski definition) is 2. The fourth-order valence-corrected chi connectivity index (χ4v) is 0.784. The van der Waals surface area contributed by atoms with Crippen LogP contribution >= 0.6 is 24.0 Å². The zero-order valence-corrected chi connectivity index (χ0v) is 11.8. The van der Waals surface area contributed by atoms with Crippen molar-refractivity contribution in [1.82, 2.24) is 6.15 Å². The summed E-state index contributed by atoms with van der Waals surface area (Å²) in [6, 6.07) is 0. The van der Waals surface area contributed by atoms with Crippen LogP contribution in [-0.4, -0.2) is 44.9 Å². The van der Waals surface area contributed by atoms with E-state index >= 15 is 0 Å². The lowest BCUT2D eigenvalue weighted by molar-refractivity contribution is -0.870. The quantitative estimate of drug-likeness (QED) is 0.334. The number of ether oxygens (including phenoxy) is 1. The molecular formula is C6H18I2N2O. The zero-order valence-electron chi connectivity index (χ0n) is 7.34. The second kappa shape index (κ2) is 6.81. The summed E-state index contributed by atoms with van der Waals surface area (Å²) in [4.78, 5) is 0. The Balaban J connectivity index is -0.000000213. The summed E-state index contributed by atoms with van der Waals surface area (Å²) in [5.74, 6) is 0. The first-order valence-corrected chi connectivity index (χ1v) is 3.00. The minimum absolute atomic E-state index is 0. The Kier molecular flexibility index (Phi) is 11.3. The molecule has 1 aliphatic rings. The molecule has 0 amide bonds. The predicted molar refractivity (Wildman–Crippen MR) is 53.1 cm³/mol. The molecule has 1 fully saturated rings. The normalized spacial score (nSPS) is 20.5. The molecule has 1 unspecified atom stereocenters. The molecule has 1 heterocycles. The van der Waals surface area contributed by atoms with Gasteiger partial charge in [-0.05, 0) is 0 Å². The van der Waals surface area contributed by atoms with Gasteiger partial charge in [0.05, 0.1) is 27.7 Å². The van der Waals surface area contributed by atoms with Crippen LogP contribution in [0.3, 0.4) is 0 Å². The number of nitrogens with zero attached hydrogens (tertiary/aromatic N) is 1. The van der Waals surface area contributed by atoms with Gasteiger partial charge in [-0.15, -0.1) is 24.0 Å². The van der Waals surface area contributed by atoms with Crippen molar-refractivity contribution >= 4 is 24.0 Å². The second-order valence-corrected chi connectivity index (χ2v) is 3.43. The van der Waals surface area contributed by atoms with Crippen molar-refractivity contribution in [2.45, 2.75) is 6.10 Å². The summed E-state index contributed by atoms with van der Waals surface area (Å²) >= 11 is 0. The van der Waals surface area contributed by atoms with Gasteiger partial charge in [0.2, 0.25) is 0 Å². The highest BCUT2D eigenvalue weighted by atomic mass is 127. The molecule has 0 aromatic rings. The first-order valence-electron chi connectivity index (χ1n) is 3.00. The van der Waals surface area contributed by atoms with Crippen LogP contribution in [0.1, 0.15) is 0 Å². The Bertz CT molecular complexity index is 91.1. The first-order chi connectivity index (χ1) is 3.58. The number of likely N-dealkylation sites (N-methyl/N-ethyl adjacent to an activating group) is 1. The highest BCUT2D eigenvalue weighted by Gasteiger charge is 2.28. The number of quaternary nitrogens is 1. The van der Waals surface area contributed by atoms with Crippen molar-refractivity contribution in [2.24, 2.45) is 0 Å². The van der Waals surface area contributed by atoms with E-state index in [1.54, 1.807) is 0 Å². The smallest absolute Gasteiger partial charge is 0.130 e. The maximum atomic E-state index is 5.07. The fraction of sp³-hybridized carbons (Fsp3) is 1.00. The van der Waals surface area contributed by atoms with Crippen LogP contribution in [0.4, 0.5) is 0 Å². The molecule has 0 aromatic heterocycles. The van der Waals surface area contributed by atoms with E-state index in [9.17, 15) is 0 Å². The monoisotopic (exact) mass is 388 g/mol. The Hall–Kier alpha value is 1.34. The third-order valence-corrected chi connectivity index (χ3v) is 1.15. The zero-order chi connectivity index (χ0) is 6.20. The molecule has 3 N–H and O–H groups in total. The van der Waals surface area contributed by atoms with Crippen molar-refractivity contribution in [3.05, 3.63) is 0 Å². The standard InChI is InChI=1S/C6H14NO.2HI.H3N/c1-7(2,3)4-6-5-8-6;;;/h6H,4-5H2,1-3H3;2*1H;1H3/q+1;;;/p-1. The Morgan fingerprint density at radius 2 is 1.73 bits per heavy atom. The van der Waals surface area contributed by atoms with E-state index in [1.807, 2.05) is 0 Å². The summed E-state index contributed by atoms with van der Waals surface area (Å²) < 4.78 is 6.09. The maximum Gasteiger partial charge on any atom is 0.130 e. The van der Waals surface area contributed by atoms with Gasteiger partial charge in [-0.1, -0.05) is 0 Å². The molecule has 1 atom stereocenters. The molecule has 0 aliphatic carbocycles. The molecule has 11 heavy (non-hydrogen) atoms. The molecule has 3 nitrogen and oxygen atoms in total. The van der Waals surface area contributed by atoms with Crippen LogP contribution in [0.25, 0.3) is 0 Å². The van der Waals surface area contributed by atoms with E-state index in [4.69, 9.17) is 4.74 Å². The van der Waals surface area contributed by atoms with Crippen LogP contribution in [0, 0.1) is 0 Å². The molecule has 1 saturated heterocycles. The molecular weight excluding hydrogens is 370 g/mol. The number of rotatable bonds is 2. The van der Waals surface area contributed by atoms with E-state index in [0.29, 0.717) is 6.10 Å². The van der Waals surface area contributed by atoms with E-state index in [1.165, 1.54) is 0 Å². The summed E-state index contributed by atoms with van der Waals surface area (Å²) in [6.07, 6.45) is 0.565. The van der Waals surface area contributed by atoms with Gasteiger partial charge < -0.3 is 39.3 Å². The van der Waals surface area contributed by atoms with E-state index in [-0.39, 0.29) is 54.1 Å². The van der Waals surface area contributed by atoms with Crippen molar-refractivity contribution in [3.63, 3.8) is 0 Å². The molecule has 5 heteroatoms. The topological polar surface area (TPSA) is 47.5 Å². The van der Waals surface area contributed by atoms with Crippen LogP contribution in [0.15, 0.2) is 0 Å². The molecule has 0 aromatic carbocycles. The Morgan fingerprint density at radius 3 is 1.82 bits per heavy atom. The second-order valence-electron chi connectivity index (χ2n) is 3.43. The first kappa shape index (κ1) is 18.2. The molecule has 1 aliphatic heterocycles. The average Bonchev–Trinajstić information content (AvgIpc) is 2.12. The van der Waals surface area contributed by atoms with Crippen molar-refractivity contribution in [1.29, 1.82) is 0 Å². The lowest BCUT2D eigenvalue weighted by atomic mass is 10.4.